The van der Waals surface area contributed by atoms with Crippen LogP contribution in [0.4, 0.5) is 13.2 Å². The van der Waals surface area contributed by atoms with Gasteiger partial charge in [-0.05, 0) is 56.0 Å². The van der Waals surface area contributed by atoms with E-state index in [-0.39, 0.29) is 29.1 Å². The smallest absolute Gasteiger partial charge is 0.256 e. The van der Waals surface area contributed by atoms with Crippen molar-refractivity contribution in [1.82, 2.24) is 10.3 Å². The summed E-state index contributed by atoms with van der Waals surface area (Å²) < 4.78 is 42.0. The van der Waals surface area contributed by atoms with Crippen LogP contribution < -0.4 is 22.7 Å². The molecule has 1 aliphatic heterocycles. The zero-order valence-corrected chi connectivity index (χ0v) is 20.7. The molecule has 1 aliphatic rings. The van der Waals surface area contributed by atoms with E-state index in [4.69, 9.17) is 28.9 Å². The van der Waals surface area contributed by atoms with Crippen molar-refractivity contribution in [2.75, 3.05) is 13.6 Å². The maximum absolute atomic E-state index is 14.4. The Kier molecular flexibility index (Phi) is 8.65. The molecule has 0 unspecified atom stereocenters. The summed E-state index contributed by atoms with van der Waals surface area (Å²) in [4.78, 5) is 19.1. The van der Waals surface area contributed by atoms with Gasteiger partial charge >= 0.3 is 0 Å². The number of rotatable bonds is 7. The standard InChI is InChI=1S/C25H28ClF3N6O/c1-13-23(31)20(24(33-2)15-8-16(27)10-17(28)9-15)5-6-35(13)25(36)21-11-18(29)7-14(22(21)26)3-4-19(30)12-34-32/h7-13,34H,3-6,30-32H2,1-2H3/b19-12-,33-24?/t13-/m1/s1. The van der Waals surface area contributed by atoms with Gasteiger partial charge in [-0.3, -0.25) is 15.6 Å². The van der Waals surface area contributed by atoms with Crippen molar-refractivity contribution >= 4 is 23.2 Å². The van der Waals surface area contributed by atoms with E-state index in [1.165, 1.54) is 36.3 Å². The van der Waals surface area contributed by atoms with Crippen molar-refractivity contribution in [2.45, 2.75) is 32.2 Å². The Hall–Kier alpha value is -3.50. The number of carbonyl (C=O) groups is 1. The molecular weight excluding hydrogens is 493 g/mol. The molecule has 1 heterocycles. The first-order valence-corrected chi connectivity index (χ1v) is 11.6. The number of benzene rings is 2. The summed E-state index contributed by atoms with van der Waals surface area (Å²) in [7, 11) is 1.50. The number of allylic oxidation sites excluding steroid dienone is 1. The Morgan fingerprint density at radius 2 is 1.83 bits per heavy atom. The van der Waals surface area contributed by atoms with Crippen LogP contribution in [0.15, 0.2) is 58.5 Å². The molecule has 0 aliphatic carbocycles. The predicted octanol–water partition coefficient (Wildman–Crippen LogP) is 3.52. The molecule has 3 rings (SSSR count). The number of nitrogens with one attached hydrogen (secondary N) is 1. The van der Waals surface area contributed by atoms with E-state index in [0.717, 1.165) is 12.1 Å². The molecule has 0 aromatic heterocycles. The van der Waals surface area contributed by atoms with E-state index in [0.29, 0.717) is 41.1 Å². The second kappa shape index (κ2) is 11.5. The van der Waals surface area contributed by atoms with Gasteiger partial charge in [-0.2, -0.15) is 0 Å². The van der Waals surface area contributed by atoms with E-state index < -0.39 is 29.4 Å². The Balaban J connectivity index is 1.90. The highest BCUT2D eigenvalue weighted by Crippen LogP contribution is 2.30. The van der Waals surface area contributed by atoms with Gasteiger partial charge in [0.2, 0.25) is 0 Å². The van der Waals surface area contributed by atoms with E-state index in [1.54, 1.807) is 6.92 Å². The number of nitrogens with two attached hydrogens (primary N) is 3. The van der Waals surface area contributed by atoms with Crippen LogP contribution in [-0.4, -0.2) is 36.2 Å². The fraction of sp³-hybridized carbons (Fsp3) is 0.280. The van der Waals surface area contributed by atoms with Crippen molar-refractivity contribution in [3.8, 4) is 0 Å². The fourth-order valence-corrected chi connectivity index (χ4v) is 4.53. The summed E-state index contributed by atoms with van der Waals surface area (Å²) in [6.07, 6.45) is 2.33. The molecule has 0 bridgehead atoms. The number of nitrogens with zero attached hydrogens (tertiary/aromatic N) is 2. The monoisotopic (exact) mass is 520 g/mol. The molecule has 2 aromatic carbocycles. The molecule has 7 N–H and O–H groups in total. The molecule has 192 valence electrons. The SMILES string of the molecule is CN=C(C1=C(N)[C@@H](C)N(C(=O)c2cc(F)cc(CC/C(N)=C/NN)c2Cl)CC1)c1cc(F)cc(F)c1. The second-order valence-electron chi connectivity index (χ2n) is 8.40. The highest BCUT2D eigenvalue weighted by Gasteiger charge is 2.32. The number of halogens is 4. The third kappa shape index (κ3) is 5.83. The summed E-state index contributed by atoms with van der Waals surface area (Å²) in [6.45, 7) is 1.93. The Labute approximate surface area is 212 Å². The average molecular weight is 521 g/mol. The van der Waals surface area contributed by atoms with Gasteiger partial charge in [-0.15, -0.1) is 0 Å². The molecule has 0 saturated heterocycles. The lowest BCUT2D eigenvalue weighted by Crippen LogP contribution is -2.46. The number of aliphatic imine (C=N–C) groups is 1. The highest BCUT2D eigenvalue weighted by molar-refractivity contribution is 6.34. The summed E-state index contributed by atoms with van der Waals surface area (Å²) in [5, 5.41) is 0.126. The third-order valence-corrected chi connectivity index (χ3v) is 6.52. The molecule has 0 saturated carbocycles. The minimum Gasteiger partial charge on any atom is -0.401 e. The largest absolute Gasteiger partial charge is 0.401 e. The normalized spacial score (nSPS) is 17.0. The van der Waals surface area contributed by atoms with Crippen LogP contribution in [0.25, 0.3) is 0 Å². The molecule has 0 radical (unpaired) electrons. The second-order valence-corrected chi connectivity index (χ2v) is 8.78. The topological polar surface area (TPSA) is 123 Å². The number of hydrogen-bond acceptors (Lipinski definition) is 6. The van der Waals surface area contributed by atoms with Crippen molar-refractivity contribution < 1.29 is 18.0 Å². The first-order valence-electron chi connectivity index (χ1n) is 11.2. The summed E-state index contributed by atoms with van der Waals surface area (Å²) in [5.74, 6) is 2.63. The molecule has 2 aromatic rings. The molecule has 7 nitrogen and oxygen atoms in total. The Morgan fingerprint density at radius 3 is 2.44 bits per heavy atom. The van der Waals surface area contributed by atoms with E-state index >= 15 is 0 Å². The van der Waals surface area contributed by atoms with Crippen molar-refractivity contribution in [3.05, 3.63) is 92.7 Å². The number of carbonyl (C=O) groups excluding carboxylic acids is 1. The van der Waals surface area contributed by atoms with Gasteiger partial charge in [0.15, 0.2) is 0 Å². The lowest BCUT2D eigenvalue weighted by Gasteiger charge is -2.36. The first-order chi connectivity index (χ1) is 17.1. The van der Waals surface area contributed by atoms with Gasteiger partial charge in [0.1, 0.15) is 17.5 Å². The molecule has 0 spiro atoms. The minimum absolute atomic E-state index is 0.00542. The molecule has 11 heteroatoms. The van der Waals surface area contributed by atoms with Crippen LogP contribution in [0.5, 0.6) is 0 Å². The van der Waals surface area contributed by atoms with Gasteiger partial charge in [-0.1, -0.05) is 11.6 Å². The summed E-state index contributed by atoms with van der Waals surface area (Å²) >= 11 is 6.50. The van der Waals surface area contributed by atoms with Crippen LogP contribution in [0.3, 0.4) is 0 Å². The van der Waals surface area contributed by atoms with Crippen molar-refractivity contribution in [3.63, 3.8) is 0 Å². The van der Waals surface area contributed by atoms with E-state index in [1.807, 2.05) is 0 Å². The number of hydrazine groups is 1. The molecular formula is C25H28ClF3N6O. The predicted molar refractivity (Wildman–Crippen MR) is 134 cm³/mol. The zero-order chi connectivity index (χ0) is 26.6. The summed E-state index contributed by atoms with van der Waals surface area (Å²) in [6, 6.07) is 4.87. The molecule has 36 heavy (non-hydrogen) atoms. The molecule has 1 amide bonds. The van der Waals surface area contributed by atoms with E-state index in [2.05, 4.69) is 10.4 Å². The van der Waals surface area contributed by atoms with Gasteiger partial charge in [0.25, 0.3) is 5.91 Å². The van der Waals surface area contributed by atoms with Crippen LogP contribution in [0.2, 0.25) is 5.02 Å². The summed E-state index contributed by atoms with van der Waals surface area (Å²) in [5.41, 5.74) is 16.9. The van der Waals surface area contributed by atoms with Crippen molar-refractivity contribution in [1.29, 1.82) is 0 Å². The Bertz CT molecular complexity index is 1240. The minimum atomic E-state index is -0.737. The Morgan fingerprint density at radius 1 is 1.19 bits per heavy atom. The van der Waals surface area contributed by atoms with Crippen LogP contribution in [0.1, 0.15) is 41.3 Å². The van der Waals surface area contributed by atoms with Crippen LogP contribution in [0, 0.1) is 17.5 Å². The maximum Gasteiger partial charge on any atom is 0.256 e. The van der Waals surface area contributed by atoms with Crippen LogP contribution in [-0.2, 0) is 6.42 Å². The lowest BCUT2D eigenvalue weighted by atomic mass is 9.91. The maximum atomic E-state index is 14.4. The average Bonchev–Trinajstić information content (AvgIpc) is 2.82. The molecule has 1 atom stereocenters. The van der Waals surface area contributed by atoms with Gasteiger partial charge in [0, 0.05) is 48.4 Å². The number of aryl methyl sites for hydroxylation is 1. The van der Waals surface area contributed by atoms with Crippen molar-refractivity contribution in [2.24, 2.45) is 22.3 Å². The molecule has 0 fully saturated rings. The number of amides is 1. The van der Waals surface area contributed by atoms with Gasteiger partial charge in [-0.25, -0.2) is 13.2 Å². The zero-order valence-electron chi connectivity index (χ0n) is 19.9. The highest BCUT2D eigenvalue weighted by atomic mass is 35.5. The number of hydrogen-bond donors (Lipinski definition) is 4. The van der Waals surface area contributed by atoms with Gasteiger partial charge in [0.05, 0.1) is 22.3 Å². The third-order valence-electron chi connectivity index (χ3n) is 6.07. The quantitative estimate of drug-likeness (QED) is 0.253. The van der Waals surface area contributed by atoms with Crippen LogP contribution >= 0.6 is 11.6 Å². The lowest BCUT2D eigenvalue weighted by molar-refractivity contribution is 0.0706. The fourth-order valence-electron chi connectivity index (χ4n) is 4.25. The first kappa shape index (κ1) is 27.1. The van der Waals surface area contributed by atoms with E-state index in [9.17, 15) is 18.0 Å². The van der Waals surface area contributed by atoms with Gasteiger partial charge < -0.3 is 21.8 Å².